The minimum absolute atomic E-state index is 0.751. The van der Waals surface area contributed by atoms with Crippen molar-refractivity contribution in [2.24, 2.45) is 5.92 Å². The van der Waals surface area contributed by atoms with E-state index in [1.807, 2.05) is 7.11 Å². The molecule has 2 heterocycles. The Morgan fingerprint density at radius 3 is 2.95 bits per heavy atom. The Kier molecular flexibility index (Phi) is 3.92. The van der Waals surface area contributed by atoms with Crippen LogP contribution >= 0.6 is 0 Å². The second-order valence-corrected chi connectivity index (χ2v) is 5.76. The molecule has 0 saturated carbocycles. The van der Waals surface area contributed by atoms with Crippen molar-refractivity contribution in [2.75, 3.05) is 43.6 Å². The number of benzene rings is 1. The summed E-state index contributed by atoms with van der Waals surface area (Å²) in [6.07, 6.45) is 4.98. The average Bonchev–Trinajstić information content (AvgIpc) is 2.48. The third-order valence-electron chi connectivity index (χ3n) is 4.41. The van der Waals surface area contributed by atoms with E-state index in [9.17, 15) is 0 Å². The lowest BCUT2D eigenvalue weighted by Gasteiger charge is -2.34. The first-order valence-corrected chi connectivity index (χ1v) is 7.47. The first-order valence-electron chi connectivity index (χ1n) is 7.47. The topological polar surface area (TPSA) is 24.5 Å². The second-order valence-electron chi connectivity index (χ2n) is 5.76. The normalized spacial score (nSPS) is 19.9. The zero-order valence-electron chi connectivity index (χ0n) is 11.8. The van der Waals surface area contributed by atoms with Gasteiger partial charge in [-0.3, -0.25) is 0 Å². The molecule has 0 atom stereocenters. The molecule has 3 nitrogen and oxygen atoms in total. The molecule has 1 saturated heterocycles. The summed E-state index contributed by atoms with van der Waals surface area (Å²) in [4.78, 5) is 2.53. The van der Waals surface area contributed by atoms with Crippen LogP contribution < -0.4 is 10.2 Å². The maximum atomic E-state index is 5.27. The van der Waals surface area contributed by atoms with Crippen molar-refractivity contribution in [3.63, 3.8) is 0 Å². The van der Waals surface area contributed by atoms with Crippen molar-refractivity contribution in [1.29, 1.82) is 0 Å². The quantitative estimate of drug-likeness (QED) is 0.904. The predicted molar refractivity (Wildman–Crippen MR) is 80.1 cm³/mol. The van der Waals surface area contributed by atoms with E-state index in [0.29, 0.717) is 0 Å². The molecular weight excluding hydrogens is 236 g/mol. The van der Waals surface area contributed by atoms with Crippen LogP contribution in [0.2, 0.25) is 0 Å². The summed E-state index contributed by atoms with van der Waals surface area (Å²) in [5.41, 5.74) is 4.23. The molecule has 3 heteroatoms. The number of rotatable bonds is 3. The van der Waals surface area contributed by atoms with Crippen molar-refractivity contribution < 1.29 is 4.74 Å². The van der Waals surface area contributed by atoms with Gasteiger partial charge in [0.15, 0.2) is 0 Å². The average molecular weight is 260 g/mol. The largest absolute Gasteiger partial charge is 0.385 e. The molecule has 0 aromatic heterocycles. The number of methoxy groups -OCH3 is 1. The summed E-state index contributed by atoms with van der Waals surface area (Å²) < 4.78 is 5.27. The lowest BCUT2D eigenvalue weighted by Crippen LogP contribution is -2.35. The molecule has 0 spiro atoms. The van der Waals surface area contributed by atoms with Crippen molar-refractivity contribution in [3.8, 4) is 0 Å². The molecule has 1 fully saturated rings. The van der Waals surface area contributed by atoms with E-state index in [-0.39, 0.29) is 0 Å². The van der Waals surface area contributed by atoms with Crippen molar-refractivity contribution in [1.82, 2.24) is 0 Å². The van der Waals surface area contributed by atoms with E-state index in [2.05, 4.69) is 28.4 Å². The van der Waals surface area contributed by atoms with Crippen molar-refractivity contribution >= 4 is 11.4 Å². The zero-order valence-corrected chi connectivity index (χ0v) is 11.8. The number of piperidine rings is 1. The highest BCUT2D eigenvalue weighted by Gasteiger charge is 2.20. The zero-order chi connectivity index (χ0) is 13.1. The van der Waals surface area contributed by atoms with Crippen LogP contribution in [0.3, 0.4) is 0 Å². The van der Waals surface area contributed by atoms with Crippen LogP contribution in [0.15, 0.2) is 18.2 Å². The van der Waals surface area contributed by atoms with Crippen molar-refractivity contribution in [2.45, 2.75) is 25.7 Å². The third kappa shape index (κ3) is 2.86. The van der Waals surface area contributed by atoms with Gasteiger partial charge in [-0.2, -0.15) is 0 Å². The summed E-state index contributed by atoms with van der Waals surface area (Å²) in [5.74, 6) is 0.751. The summed E-state index contributed by atoms with van der Waals surface area (Å²) >= 11 is 0. The minimum atomic E-state index is 0.751. The van der Waals surface area contributed by atoms with E-state index in [1.165, 1.54) is 55.7 Å². The summed E-state index contributed by atoms with van der Waals surface area (Å²) in [6.45, 7) is 4.37. The highest BCUT2D eigenvalue weighted by Crippen LogP contribution is 2.29. The fourth-order valence-corrected chi connectivity index (χ4v) is 3.25. The number of aryl methyl sites for hydroxylation is 1. The van der Waals surface area contributed by atoms with E-state index < -0.39 is 0 Å². The van der Waals surface area contributed by atoms with Gasteiger partial charge in [-0.05, 0) is 55.4 Å². The van der Waals surface area contributed by atoms with Crippen LogP contribution in [0.1, 0.15) is 24.8 Å². The smallest absolute Gasteiger partial charge is 0.0491 e. The first kappa shape index (κ1) is 12.8. The molecule has 1 aromatic carbocycles. The molecule has 1 aromatic rings. The maximum Gasteiger partial charge on any atom is 0.0491 e. The Hall–Kier alpha value is -1.22. The van der Waals surface area contributed by atoms with Gasteiger partial charge in [-0.15, -0.1) is 0 Å². The number of hydrogen-bond donors (Lipinski definition) is 1. The first-order chi connectivity index (χ1) is 9.36. The maximum absolute atomic E-state index is 5.27. The van der Waals surface area contributed by atoms with Gasteiger partial charge in [0.05, 0.1) is 0 Å². The van der Waals surface area contributed by atoms with E-state index >= 15 is 0 Å². The number of anilines is 2. The fraction of sp³-hybridized carbons (Fsp3) is 0.625. The highest BCUT2D eigenvalue weighted by atomic mass is 16.5. The van der Waals surface area contributed by atoms with Gasteiger partial charge in [-0.1, -0.05) is 0 Å². The Labute approximate surface area is 115 Å². The van der Waals surface area contributed by atoms with Crippen LogP contribution in [0.4, 0.5) is 11.4 Å². The number of hydrogen-bond acceptors (Lipinski definition) is 3. The highest BCUT2D eigenvalue weighted by molar-refractivity contribution is 5.61. The number of fused-ring (bicyclic) bond motifs is 1. The van der Waals surface area contributed by atoms with E-state index in [1.54, 1.807) is 0 Å². The molecule has 0 unspecified atom stereocenters. The van der Waals surface area contributed by atoms with E-state index in [4.69, 9.17) is 4.74 Å². The van der Waals surface area contributed by atoms with Gasteiger partial charge in [0.2, 0.25) is 0 Å². The number of nitrogens with zero attached hydrogens (tertiary/aromatic N) is 1. The summed E-state index contributed by atoms with van der Waals surface area (Å²) in [6, 6.07) is 6.91. The van der Waals surface area contributed by atoms with Crippen LogP contribution in [0, 0.1) is 5.92 Å². The minimum Gasteiger partial charge on any atom is -0.385 e. The molecule has 0 amide bonds. The van der Waals surface area contributed by atoms with E-state index in [0.717, 1.165) is 19.1 Å². The second kappa shape index (κ2) is 5.83. The Morgan fingerprint density at radius 2 is 2.16 bits per heavy atom. The summed E-state index contributed by atoms with van der Waals surface area (Å²) in [7, 11) is 1.81. The molecule has 2 aliphatic rings. The van der Waals surface area contributed by atoms with Crippen molar-refractivity contribution in [3.05, 3.63) is 23.8 Å². The Bertz CT molecular complexity index is 425. The van der Waals surface area contributed by atoms with Crippen LogP contribution in [0.5, 0.6) is 0 Å². The standard InChI is InChI=1S/C16H24N2O/c1-19-12-13-6-9-18(10-7-13)15-4-5-16-14(11-15)3-2-8-17-16/h4-5,11,13,17H,2-3,6-10,12H2,1H3. The predicted octanol–water partition coefficient (Wildman–Crippen LogP) is 2.91. The molecular formula is C16H24N2O. The molecule has 19 heavy (non-hydrogen) atoms. The number of nitrogens with one attached hydrogen (secondary N) is 1. The van der Waals surface area contributed by atoms with Crippen LogP contribution in [-0.4, -0.2) is 33.4 Å². The Balaban J connectivity index is 1.66. The monoisotopic (exact) mass is 260 g/mol. The van der Waals surface area contributed by atoms with Gasteiger partial charge in [-0.25, -0.2) is 0 Å². The molecule has 0 radical (unpaired) electrons. The molecule has 0 bridgehead atoms. The molecule has 0 aliphatic carbocycles. The molecule has 1 N–H and O–H groups in total. The van der Waals surface area contributed by atoms with Gasteiger partial charge < -0.3 is 15.0 Å². The summed E-state index contributed by atoms with van der Waals surface area (Å²) in [5, 5.41) is 3.48. The van der Waals surface area contributed by atoms with Gasteiger partial charge in [0.1, 0.15) is 0 Å². The Morgan fingerprint density at radius 1 is 1.32 bits per heavy atom. The number of ether oxygens (including phenoxy) is 1. The van der Waals surface area contributed by atoms with Gasteiger partial charge in [0, 0.05) is 44.7 Å². The SMILES string of the molecule is COCC1CCN(c2ccc3c(c2)CCCN3)CC1. The van der Waals surface area contributed by atoms with Crippen LogP contribution in [0.25, 0.3) is 0 Å². The fourth-order valence-electron chi connectivity index (χ4n) is 3.25. The van der Waals surface area contributed by atoms with Gasteiger partial charge >= 0.3 is 0 Å². The third-order valence-corrected chi connectivity index (χ3v) is 4.41. The van der Waals surface area contributed by atoms with Gasteiger partial charge in [0.25, 0.3) is 0 Å². The molecule has 2 aliphatic heterocycles. The molecule has 104 valence electrons. The van der Waals surface area contributed by atoms with Crippen LogP contribution in [-0.2, 0) is 11.2 Å². The molecule has 3 rings (SSSR count). The lowest BCUT2D eigenvalue weighted by molar-refractivity contribution is 0.139. The lowest BCUT2D eigenvalue weighted by atomic mass is 9.96.